The smallest absolute Gasteiger partial charge is 0.467 e. The summed E-state index contributed by atoms with van der Waals surface area (Å²) in [5, 5.41) is 0. The van der Waals surface area contributed by atoms with Crippen LogP contribution in [0.3, 0.4) is 0 Å². The molecule has 0 bridgehead atoms. The van der Waals surface area contributed by atoms with Crippen molar-refractivity contribution in [1.29, 1.82) is 0 Å². The van der Waals surface area contributed by atoms with Crippen LogP contribution in [0.15, 0.2) is 59.6 Å². The minimum Gasteiger partial charge on any atom is -0.467 e. The number of esters is 2. The van der Waals surface area contributed by atoms with E-state index < -0.39 is 31.3 Å². The SMILES string of the molecule is COC(=O)[C@@H]1OB(C=Nc2ccccc2[C@@H](C)c2ccccc2)O[C@H]1C(=O)OC. The van der Waals surface area contributed by atoms with Crippen LogP contribution in [0.5, 0.6) is 0 Å². The van der Waals surface area contributed by atoms with Gasteiger partial charge in [0.2, 0.25) is 0 Å². The molecule has 8 heteroatoms. The normalized spacial score (nSPS) is 19.9. The average Bonchev–Trinajstić information content (AvgIpc) is 3.21. The molecule has 0 aromatic heterocycles. The number of carbonyl (C=O) groups is 2. The predicted octanol–water partition coefficient (Wildman–Crippen LogP) is 2.70. The fourth-order valence-electron chi connectivity index (χ4n) is 3.16. The van der Waals surface area contributed by atoms with Gasteiger partial charge in [0.1, 0.15) is 0 Å². The van der Waals surface area contributed by atoms with Crippen molar-refractivity contribution in [3.05, 3.63) is 65.7 Å². The summed E-state index contributed by atoms with van der Waals surface area (Å²) < 4.78 is 20.4. The Morgan fingerprint density at radius 1 is 0.966 bits per heavy atom. The van der Waals surface area contributed by atoms with Crippen molar-refractivity contribution >= 4 is 30.9 Å². The molecule has 0 radical (unpaired) electrons. The van der Waals surface area contributed by atoms with Gasteiger partial charge in [-0.1, -0.05) is 55.5 Å². The zero-order chi connectivity index (χ0) is 20.8. The van der Waals surface area contributed by atoms with Gasteiger partial charge in [0.15, 0.2) is 12.2 Å². The largest absolute Gasteiger partial charge is 0.507 e. The molecule has 0 N–H and O–H groups in total. The van der Waals surface area contributed by atoms with Gasteiger partial charge in [0.05, 0.1) is 19.9 Å². The number of hydrogen-bond donors (Lipinski definition) is 0. The minimum atomic E-state index is -1.21. The zero-order valence-electron chi connectivity index (χ0n) is 16.5. The van der Waals surface area contributed by atoms with Gasteiger partial charge in [-0.2, -0.15) is 0 Å². The maximum Gasteiger partial charge on any atom is 0.507 e. The second-order valence-corrected chi connectivity index (χ2v) is 6.50. The second-order valence-electron chi connectivity index (χ2n) is 6.50. The van der Waals surface area contributed by atoms with Crippen molar-refractivity contribution in [2.24, 2.45) is 4.99 Å². The van der Waals surface area contributed by atoms with E-state index >= 15 is 0 Å². The molecule has 0 spiro atoms. The van der Waals surface area contributed by atoms with E-state index in [4.69, 9.17) is 9.31 Å². The van der Waals surface area contributed by atoms with Crippen molar-refractivity contribution in [1.82, 2.24) is 0 Å². The number of methoxy groups -OCH3 is 2. The summed E-state index contributed by atoms with van der Waals surface area (Å²) in [5.41, 5.74) is 2.94. The number of para-hydroxylation sites is 1. The molecule has 2 aromatic carbocycles. The summed E-state index contributed by atoms with van der Waals surface area (Å²) in [7, 11) is 1.44. The highest BCUT2D eigenvalue weighted by molar-refractivity contribution is 6.76. The third-order valence-electron chi connectivity index (χ3n) is 4.74. The monoisotopic (exact) mass is 395 g/mol. The Kier molecular flexibility index (Phi) is 6.79. The van der Waals surface area contributed by atoms with E-state index in [1.807, 2.05) is 42.5 Å². The van der Waals surface area contributed by atoms with Gasteiger partial charge in [-0.05, 0) is 17.2 Å². The highest BCUT2D eigenvalue weighted by Gasteiger charge is 2.48. The lowest BCUT2D eigenvalue weighted by Crippen LogP contribution is -2.38. The zero-order valence-corrected chi connectivity index (χ0v) is 16.5. The minimum absolute atomic E-state index is 0.126. The van der Waals surface area contributed by atoms with E-state index in [1.54, 1.807) is 0 Å². The molecule has 0 aliphatic carbocycles. The number of carbonyl (C=O) groups excluding carboxylic acids is 2. The van der Waals surface area contributed by atoms with Gasteiger partial charge in [0.25, 0.3) is 0 Å². The molecule has 1 saturated heterocycles. The first-order chi connectivity index (χ1) is 14.0. The van der Waals surface area contributed by atoms with Crippen LogP contribution in [0.2, 0.25) is 0 Å². The number of nitrogens with zero attached hydrogens (tertiary/aromatic N) is 1. The van der Waals surface area contributed by atoms with Gasteiger partial charge in [0, 0.05) is 12.0 Å². The molecule has 1 aliphatic rings. The Hall–Kier alpha value is -2.97. The van der Waals surface area contributed by atoms with E-state index in [0.29, 0.717) is 0 Å². The lowest BCUT2D eigenvalue weighted by molar-refractivity contribution is -0.160. The molecule has 0 amide bonds. The highest BCUT2D eigenvalue weighted by atomic mass is 16.7. The molecule has 7 nitrogen and oxygen atoms in total. The summed E-state index contributed by atoms with van der Waals surface area (Å²) in [4.78, 5) is 28.3. The van der Waals surface area contributed by atoms with Crippen LogP contribution in [0.25, 0.3) is 0 Å². The summed E-state index contributed by atoms with van der Waals surface area (Å²) in [6, 6.07) is 17.8. The molecule has 0 unspecified atom stereocenters. The summed E-state index contributed by atoms with van der Waals surface area (Å²) in [6.45, 7) is 2.10. The Bertz CT molecular complexity index is 864. The molecule has 150 valence electrons. The third-order valence-corrected chi connectivity index (χ3v) is 4.74. The molecular weight excluding hydrogens is 373 g/mol. The van der Waals surface area contributed by atoms with Gasteiger partial charge in [-0.25, -0.2) is 9.59 Å². The van der Waals surface area contributed by atoms with Gasteiger partial charge in [-0.15, -0.1) is 0 Å². The molecule has 2 aromatic rings. The molecule has 29 heavy (non-hydrogen) atoms. The van der Waals surface area contributed by atoms with Gasteiger partial charge >= 0.3 is 19.1 Å². The summed E-state index contributed by atoms with van der Waals surface area (Å²) in [6.07, 6.45) is -0.986. The van der Waals surface area contributed by atoms with Crippen molar-refractivity contribution in [2.45, 2.75) is 25.0 Å². The van der Waals surface area contributed by atoms with Crippen LogP contribution >= 0.6 is 0 Å². The molecule has 1 aliphatic heterocycles. The Morgan fingerprint density at radius 2 is 1.52 bits per heavy atom. The summed E-state index contributed by atoms with van der Waals surface area (Å²) in [5.74, 6) is -1.30. The second kappa shape index (κ2) is 9.49. The van der Waals surface area contributed by atoms with E-state index in [-0.39, 0.29) is 5.92 Å². The van der Waals surface area contributed by atoms with Crippen LogP contribution in [0.1, 0.15) is 24.0 Å². The van der Waals surface area contributed by atoms with E-state index in [9.17, 15) is 9.59 Å². The topological polar surface area (TPSA) is 83.4 Å². The van der Waals surface area contributed by atoms with Crippen molar-refractivity contribution in [3.63, 3.8) is 0 Å². The molecule has 1 fully saturated rings. The molecule has 3 rings (SSSR count). The number of benzene rings is 2. The standard InChI is InChI=1S/C21H22BNO6/c1-14(15-9-5-4-6-10-15)16-11-7-8-12-17(16)23-13-22-28-18(20(24)26-2)19(29-22)21(25)27-3/h4-14,18-19H,1-3H3/t14-,18+,19+/m0/s1. The Balaban J connectivity index is 1.80. The molecular formula is C21H22BNO6. The molecule has 3 atom stereocenters. The lowest BCUT2D eigenvalue weighted by atomic mass is 9.91. The van der Waals surface area contributed by atoms with Crippen LogP contribution in [0, 0.1) is 0 Å². The number of rotatable bonds is 6. The first-order valence-electron chi connectivity index (χ1n) is 9.19. The third kappa shape index (κ3) is 4.72. The van der Waals surface area contributed by atoms with E-state index in [2.05, 4.69) is 33.5 Å². The van der Waals surface area contributed by atoms with Gasteiger partial charge < -0.3 is 18.8 Å². The quantitative estimate of drug-likeness (QED) is 0.425. The van der Waals surface area contributed by atoms with E-state index in [1.165, 1.54) is 25.9 Å². The van der Waals surface area contributed by atoms with E-state index in [0.717, 1.165) is 11.3 Å². The number of hydrogen-bond acceptors (Lipinski definition) is 7. The number of ether oxygens (including phenoxy) is 2. The first kappa shape index (κ1) is 20.8. The first-order valence-corrected chi connectivity index (χ1v) is 9.19. The molecule has 1 heterocycles. The van der Waals surface area contributed by atoms with Crippen LogP contribution in [0.4, 0.5) is 5.69 Å². The fraction of sp³-hybridized carbons (Fsp3) is 0.286. The predicted molar refractivity (Wildman–Crippen MR) is 108 cm³/mol. The maximum absolute atomic E-state index is 11.9. The Labute approximate surface area is 169 Å². The lowest BCUT2D eigenvalue weighted by Gasteiger charge is -2.14. The van der Waals surface area contributed by atoms with Crippen molar-refractivity contribution < 1.29 is 28.4 Å². The maximum atomic E-state index is 11.9. The Morgan fingerprint density at radius 3 is 2.10 bits per heavy atom. The fourth-order valence-corrected chi connectivity index (χ4v) is 3.16. The summed E-state index contributed by atoms with van der Waals surface area (Å²) >= 11 is 0. The van der Waals surface area contributed by atoms with Crippen molar-refractivity contribution in [3.8, 4) is 0 Å². The average molecular weight is 395 g/mol. The van der Waals surface area contributed by atoms with Crippen molar-refractivity contribution in [2.75, 3.05) is 14.2 Å². The van der Waals surface area contributed by atoms with Crippen LogP contribution in [-0.2, 0) is 28.4 Å². The highest BCUT2D eigenvalue weighted by Crippen LogP contribution is 2.31. The van der Waals surface area contributed by atoms with Crippen LogP contribution < -0.4 is 0 Å². The number of aliphatic imine (C=N–C) groups is 1. The van der Waals surface area contributed by atoms with Gasteiger partial charge in [-0.3, -0.25) is 4.99 Å². The molecule has 0 saturated carbocycles. The van der Waals surface area contributed by atoms with Crippen LogP contribution in [-0.4, -0.2) is 51.6 Å².